The molecule has 0 amide bonds. The number of nitrogens with one attached hydrogen (secondary N) is 1. The van der Waals surface area contributed by atoms with Crippen LogP contribution >= 0.6 is 31.9 Å². The van der Waals surface area contributed by atoms with E-state index in [9.17, 15) is 0 Å². The average molecular weight is 401 g/mol. The number of ether oxygens (including phenoxy) is 2. The van der Waals surface area contributed by atoms with Crippen LogP contribution in [0.5, 0.6) is 11.5 Å². The van der Waals surface area contributed by atoms with Crippen molar-refractivity contribution in [3.63, 3.8) is 0 Å². The summed E-state index contributed by atoms with van der Waals surface area (Å²) < 4.78 is 12.6. The summed E-state index contributed by atoms with van der Waals surface area (Å²) in [7, 11) is 3.29. The van der Waals surface area contributed by atoms with Gasteiger partial charge in [0.15, 0.2) is 0 Å². The molecule has 0 spiro atoms. The molecule has 0 atom stereocenters. The highest BCUT2D eigenvalue weighted by molar-refractivity contribution is 9.13. The van der Waals surface area contributed by atoms with Gasteiger partial charge in [0, 0.05) is 39.4 Å². The lowest BCUT2D eigenvalue weighted by Gasteiger charge is -2.11. The summed E-state index contributed by atoms with van der Waals surface area (Å²) in [4.78, 5) is 0. The monoisotopic (exact) mass is 399 g/mol. The van der Waals surface area contributed by atoms with Gasteiger partial charge >= 0.3 is 0 Å². The van der Waals surface area contributed by atoms with E-state index in [0.717, 1.165) is 32.7 Å². The minimum absolute atomic E-state index is 0.724. The molecule has 0 heterocycles. The van der Waals surface area contributed by atoms with Crippen molar-refractivity contribution in [1.29, 1.82) is 0 Å². The lowest BCUT2D eigenvalue weighted by atomic mass is 10.2. The first-order valence-corrected chi connectivity index (χ1v) is 7.62. The Hall–Kier alpha value is -1.20. The van der Waals surface area contributed by atoms with Crippen LogP contribution in [0.2, 0.25) is 0 Å². The Morgan fingerprint density at radius 3 is 2.10 bits per heavy atom. The highest BCUT2D eigenvalue weighted by Crippen LogP contribution is 2.27. The molecular weight excluding hydrogens is 386 g/mol. The molecule has 2 aromatic rings. The zero-order valence-corrected chi connectivity index (χ0v) is 14.4. The third-order valence-corrected chi connectivity index (χ3v) is 4.71. The van der Waals surface area contributed by atoms with Crippen LogP contribution in [0.15, 0.2) is 45.3 Å². The molecule has 1 N–H and O–H groups in total. The summed E-state index contributed by atoms with van der Waals surface area (Å²) in [5, 5.41) is 3.36. The predicted octanol–water partition coefficient (Wildman–Crippen LogP) is 4.84. The number of hydrogen-bond donors (Lipinski definition) is 1. The number of hydrogen-bond acceptors (Lipinski definition) is 3. The number of anilines is 1. The van der Waals surface area contributed by atoms with Crippen LogP contribution in [0.3, 0.4) is 0 Å². The van der Waals surface area contributed by atoms with Gasteiger partial charge in [-0.2, -0.15) is 0 Å². The van der Waals surface area contributed by atoms with E-state index in [4.69, 9.17) is 9.47 Å². The second-order valence-corrected chi connectivity index (χ2v) is 5.91. The molecule has 0 saturated heterocycles. The van der Waals surface area contributed by atoms with Gasteiger partial charge in [-0.25, -0.2) is 0 Å². The third kappa shape index (κ3) is 3.90. The normalized spacial score (nSPS) is 10.2. The van der Waals surface area contributed by atoms with E-state index in [-0.39, 0.29) is 0 Å². The van der Waals surface area contributed by atoms with Gasteiger partial charge in [0.2, 0.25) is 0 Å². The van der Waals surface area contributed by atoms with Crippen molar-refractivity contribution in [3.8, 4) is 11.5 Å². The van der Waals surface area contributed by atoms with Crippen LogP contribution in [-0.2, 0) is 6.54 Å². The summed E-state index contributed by atoms with van der Waals surface area (Å²) in [6, 6.07) is 11.9. The Bertz CT molecular complexity index is 580. The van der Waals surface area contributed by atoms with E-state index in [1.807, 2.05) is 24.3 Å². The molecule has 0 aliphatic heterocycles. The number of benzene rings is 2. The van der Waals surface area contributed by atoms with Crippen molar-refractivity contribution < 1.29 is 9.47 Å². The first kappa shape index (κ1) is 15.2. The molecule has 2 rings (SSSR count). The molecule has 3 nitrogen and oxygen atoms in total. The Balaban J connectivity index is 2.11. The third-order valence-electron chi connectivity index (χ3n) is 2.83. The summed E-state index contributed by atoms with van der Waals surface area (Å²) in [5.74, 6) is 1.53. The zero-order chi connectivity index (χ0) is 14.5. The fourth-order valence-electron chi connectivity index (χ4n) is 1.76. The summed E-state index contributed by atoms with van der Waals surface area (Å²) in [6.45, 7) is 0.724. The predicted molar refractivity (Wildman–Crippen MR) is 88.7 cm³/mol. The van der Waals surface area contributed by atoms with Crippen molar-refractivity contribution in [3.05, 3.63) is 50.9 Å². The topological polar surface area (TPSA) is 30.5 Å². The van der Waals surface area contributed by atoms with E-state index >= 15 is 0 Å². The fraction of sp³-hybridized carbons (Fsp3) is 0.200. The number of halogens is 2. The molecule has 0 bridgehead atoms. The van der Waals surface area contributed by atoms with Crippen LogP contribution in [0.4, 0.5) is 5.69 Å². The lowest BCUT2D eigenvalue weighted by molar-refractivity contribution is 0.394. The summed E-state index contributed by atoms with van der Waals surface area (Å²) in [5.41, 5.74) is 2.14. The Kier molecular flexibility index (Phi) is 5.31. The molecule has 0 fully saturated rings. The molecule has 2 aromatic carbocycles. The maximum absolute atomic E-state index is 5.25. The minimum atomic E-state index is 0.724. The van der Waals surface area contributed by atoms with Gasteiger partial charge in [0.25, 0.3) is 0 Å². The van der Waals surface area contributed by atoms with E-state index in [1.165, 1.54) is 5.56 Å². The Morgan fingerprint density at radius 1 is 0.900 bits per heavy atom. The fourth-order valence-corrected chi connectivity index (χ4v) is 2.44. The first-order chi connectivity index (χ1) is 9.62. The van der Waals surface area contributed by atoms with Crippen LogP contribution in [0.25, 0.3) is 0 Å². The SMILES string of the molecule is COc1cc(NCc2ccc(Br)c(Br)c2)cc(OC)c1. The average Bonchev–Trinajstić information content (AvgIpc) is 2.48. The van der Waals surface area contributed by atoms with Crippen LogP contribution in [0, 0.1) is 0 Å². The smallest absolute Gasteiger partial charge is 0.124 e. The van der Waals surface area contributed by atoms with E-state index in [0.29, 0.717) is 0 Å². The minimum Gasteiger partial charge on any atom is -0.497 e. The van der Waals surface area contributed by atoms with Gasteiger partial charge in [-0.05, 0) is 49.6 Å². The van der Waals surface area contributed by atoms with Crippen LogP contribution in [-0.4, -0.2) is 14.2 Å². The van der Waals surface area contributed by atoms with E-state index in [1.54, 1.807) is 14.2 Å². The van der Waals surface area contributed by atoms with E-state index < -0.39 is 0 Å². The molecule has 0 unspecified atom stereocenters. The molecular formula is C15H15Br2NO2. The second-order valence-electron chi connectivity index (χ2n) is 4.20. The van der Waals surface area contributed by atoms with E-state index in [2.05, 4.69) is 49.3 Å². The van der Waals surface area contributed by atoms with Gasteiger partial charge in [-0.3, -0.25) is 0 Å². The van der Waals surface area contributed by atoms with Gasteiger partial charge in [-0.1, -0.05) is 6.07 Å². The van der Waals surface area contributed by atoms with Crippen molar-refractivity contribution in [2.24, 2.45) is 0 Å². The first-order valence-electron chi connectivity index (χ1n) is 6.03. The molecule has 0 radical (unpaired) electrons. The quantitative estimate of drug-likeness (QED) is 0.778. The molecule has 106 valence electrons. The van der Waals surface area contributed by atoms with Crippen molar-refractivity contribution in [1.82, 2.24) is 0 Å². The maximum atomic E-state index is 5.25. The van der Waals surface area contributed by atoms with Gasteiger partial charge < -0.3 is 14.8 Å². The van der Waals surface area contributed by atoms with Crippen LogP contribution in [0.1, 0.15) is 5.56 Å². The Labute approximate surface area is 135 Å². The molecule has 0 aliphatic rings. The van der Waals surface area contributed by atoms with Crippen molar-refractivity contribution in [2.75, 3.05) is 19.5 Å². The summed E-state index contributed by atoms with van der Waals surface area (Å²) in [6.07, 6.45) is 0. The Morgan fingerprint density at radius 2 is 1.55 bits per heavy atom. The van der Waals surface area contributed by atoms with Gasteiger partial charge in [0.05, 0.1) is 14.2 Å². The molecule has 0 saturated carbocycles. The molecule has 5 heteroatoms. The number of methoxy groups -OCH3 is 2. The zero-order valence-electron chi connectivity index (χ0n) is 11.2. The highest BCUT2D eigenvalue weighted by atomic mass is 79.9. The summed E-state index contributed by atoms with van der Waals surface area (Å²) >= 11 is 6.97. The number of rotatable bonds is 5. The highest BCUT2D eigenvalue weighted by Gasteiger charge is 2.03. The van der Waals surface area contributed by atoms with Crippen molar-refractivity contribution >= 4 is 37.5 Å². The maximum Gasteiger partial charge on any atom is 0.124 e. The van der Waals surface area contributed by atoms with Crippen LogP contribution < -0.4 is 14.8 Å². The molecule has 0 aliphatic carbocycles. The second kappa shape index (κ2) is 6.99. The molecule has 20 heavy (non-hydrogen) atoms. The molecule has 0 aromatic heterocycles. The van der Waals surface area contributed by atoms with Gasteiger partial charge in [0.1, 0.15) is 11.5 Å². The lowest BCUT2D eigenvalue weighted by Crippen LogP contribution is -2.00. The van der Waals surface area contributed by atoms with Gasteiger partial charge in [-0.15, -0.1) is 0 Å². The standard InChI is InChI=1S/C15H15Br2NO2/c1-19-12-6-11(7-13(8-12)20-2)18-9-10-3-4-14(16)15(17)5-10/h3-8,18H,9H2,1-2H3. The largest absolute Gasteiger partial charge is 0.497 e. The van der Waals surface area contributed by atoms with Crippen molar-refractivity contribution in [2.45, 2.75) is 6.54 Å².